The Bertz CT molecular complexity index is 368. The van der Waals surface area contributed by atoms with Crippen LogP contribution in [0.15, 0.2) is 0 Å². The summed E-state index contributed by atoms with van der Waals surface area (Å²) in [6, 6.07) is 0. The van der Waals surface area contributed by atoms with Crippen LogP contribution in [0.5, 0.6) is 0 Å². The molecule has 0 aromatic heterocycles. The third kappa shape index (κ3) is 2.72. The minimum atomic E-state index is 0.0260. The molecule has 0 aromatic rings. The normalized spacial score (nSPS) is 42.2. The molecule has 0 radical (unpaired) electrons. The minimum absolute atomic E-state index is 0.0260. The fourth-order valence-corrected chi connectivity index (χ4v) is 5.84. The molecule has 5 rings (SSSR count). The van der Waals surface area contributed by atoms with Crippen LogP contribution in [0.25, 0.3) is 0 Å². The predicted molar refractivity (Wildman–Crippen MR) is 82.9 cm³/mol. The summed E-state index contributed by atoms with van der Waals surface area (Å²) in [5.74, 6) is 2.96. The van der Waals surface area contributed by atoms with Gasteiger partial charge in [-0.25, -0.2) is 0 Å². The Morgan fingerprint density at radius 3 is 2.19 bits per heavy atom. The number of carbonyl (C=O) groups excluding carboxylic acids is 1. The van der Waals surface area contributed by atoms with Crippen molar-refractivity contribution in [1.29, 1.82) is 0 Å². The molecule has 5 fully saturated rings. The van der Waals surface area contributed by atoms with Gasteiger partial charge in [-0.1, -0.05) is 0 Å². The number of amides is 1. The fourth-order valence-electron chi connectivity index (χ4n) is 5.84. The molecular formula is C17H29N3O. The van der Waals surface area contributed by atoms with Crippen molar-refractivity contribution in [2.75, 3.05) is 39.3 Å². The molecule has 4 bridgehead atoms. The molecule has 0 unspecified atom stereocenters. The summed E-state index contributed by atoms with van der Waals surface area (Å²) in [7, 11) is 0. The Morgan fingerprint density at radius 1 is 1.05 bits per heavy atom. The van der Waals surface area contributed by atoms with Crippen LogP contribution in [0.2, 0.25) is 0 Å². The maximum atomic E-state index is 12.8. The highest BCUT2D eigenvalue weighted by Gasteiger charge is 2.54. The SMILES string of the molecule is O=C(NCCN1CCNCC1)C12CC3CC(CC(C3)C1)C2. The van der Waals surface area contributed by atoms with Crippen LogP contribution in [0.1, 0.15) is 38.5 Å². The molecule has 4 nitrogen and oxygen atoms in total. The third-order valence-electron chi connectivity index (χ3n) is 6.44. The number of hydrogen-bond acceptors (Lipinski definition) is 3. The van der Waals surface area contributed by atoms with Gasteiger partial charge in [0.2, 0.25) is 5.91 Å². The third-order valence-corrected chi connectivity index (χ3v) is 6.44. The Balaban J connectivity index is 1.30. The lowest BCUT2D eigenvalue weighted by Crippen LogP contribution is -2.54. The highest BCUT2D eigenvalue weighted by atomic mass is 16.2. The molecule has 118 valence electrons. The van der Waals surface area contributed by atoms with E-state index in [0.717, 1.165) is 57.0 Å². The average Bonchev–Trinajstić information content (AvgIpc) is 2.47. The lowest BCUT2D eigenvalue weighted by molar-refractivity contribution is -0.146. The molecule has 0 aromatic carbocycles. The van der Waals surface area contributed by atoms with E-state index in [4.69, 9.17) is 0 Å². The van der Waals surface area contributed by atoms with E-state index < -0.39 is 0 Å². The first-order valence-electron chi connectivity index (χ1n) is 8.95. The number of hydrogen-bond donors (Lipinski definition) is 2. The monoisotopic (exact) mass is 291 g/mol. The van der Waals surface area contributed by atoms with Crippen LogP contribution < -0.4 is 10.6 Å². The topological polar surface area (TPSA) is 44.4 Å². The molecule has 2 N–H and O–H groups in total. The van der Waals surface area contributed by atoms with Gasteiger partial charge in [-0.05, 0) is 56.3 Å². The molecule has 4 aliphatic carbocycles. The smallest absolute Gasteiger partial charge is 0.226 e. The van der Waals surface area contributed by atoms with Gasteiger partial charge in [-0.3, -0.25) is 9.69 Å². The Hall–Kier alpha value is -0.610. The van der Waals surface area contributed by atoms with Crippen molar-refractivity contribution in [3.05, 3.63) is 0 Å². The van der Waals surface area contributed by atoms with Crippen molar-refractivity contribution in [3.8, 4) is 0 Å². The van der Waals surface area contributed by atoms with Crippen molar-refractivity contribution in [1.82, 2.24) is 15.5 Å². The largest absolute Gasteiger partial charge is 0.354 e. The molecule has 5 aliphatic rings. The van der Waals surface area contributed by atoms with Gasteiger partial charge in [-0.15, -0.1) is 0 Å². The zero-order valence-electron chi connectivity index (χ0n) is 13.1. The summed E-state index contributed by atoms with van der Waals surface area (Å²) in [4.78, 5) is 15.3. The highest BCUT2D eigenvalue weighted by Crippen LogP contribution is 2.60. The minimum Gasteiger partial charge on any atom is -0.354 e. The maximum absolute atomic E-state index is 12.8. The van der Waals surface area contributed by atoms with Gasteiger partial charge in [0.25, 0.3) is 0 Å². The van der Waals surface area contributed by atoms with Gasteiger partial charge < -0.3 is 10.6 Å². The maximum Gasteiger partial charge on any atom is 0.226 e. The van der Waals surface area contributed by atoms with E-state index in [9.17, 15) is 4.79 Å². The summed E-state index contributed by atoms with van der Waals surface area (Å²) < 4.78 is 0. The van der Waals surface area contributed by atoms with E-state index in [1.54, 1.807) is 0 Å². The Morgan fingerprint density at radius 2 is 1.62 bits per heavy atom. The molecule has 1 heterocycles. The van der Waals surface area contributed by atoms with E-state index in [1.807, 2.05) is 0 Å². The molecule has 21 heavy (non-hydrogen) atoms. The van der Waals surface area contributed by atoms with Crippen LogP contribution in [0.3, 0.4) is 0 Å². The second-order valence-corrected chi connectivity index (χ2v) is 8.05. The zero-order chi connectivity index (χ0) is 14.3. The van der Waals surface area contributed by atoms with Gasteiger partial charge in [0.1, 0.15) is 0 Å². The van der Waals surface area contributed by atoms with Crippen molar-refractivity contribution >= 4 is 5.91 Å². The lowest BCUT2D eigenvalue weighted by atomic mass is 9.49. The van der Waals surface area contributed by atoms with Crippen LogP contribution >= 0.6 is 0 Å². The Kier molecular flexibility index (Phi) is 3.70. The zero-order valence-corrected chi connectivity index (χ0v) is 13.1. The summed E-state index contributed by atoms with van der Waals surface area (Å²) in [6.07, 6.45) is 7.77. The van der Waals surface area contributed by atoms with E-state index in [0.29, 0.717) is 5.91 Å². The molecule has 4 heteroatoms. The van der Waals surface area contributed by atoms with E-state index in [2.05, 4.69) is 15.5 Å². The average molecular weight is 291 g/mol. The molecule has 1 saturated heterocycles. The van der Waals surface area contributed by atoms with Crippen molar-refractivity contribution in [2.24, 2.45) is 23.2 Å². The number of piperazine rings is 1. The Labute approximate surface area is 128 Å². The molecular weight excluding hydrogens is 262 g/mol. The second kappa shape index (κ2) is 5.54. The number of rotatable bonds is 4. The van der Waals surface area contributed by atoms with E-state index >= 15 is 0 Å². The summed E-state index contributed by atoms with van der Waals surface area (Å²) in [5.41, 5.74) is 0.0260. The summed E-state index contributed by atoms with van der Waals surface area (Å²) in [6.45, 7) is 6.26. The number of carbonyl (C=O) groups is 1. The highest BCUT2D eigenvalue weighted by molar-refractivity contribution is 5.83. The summed E-state index contributed by atoms with van der Waals surface area (Å²) in [5, 5.41) is 6.66. The number of nitrogens with one attached hydrogen (secondary N) is 2. The standard InChI is InChI=1S/C17H29N3O/c21-16(19-3-6-20-4-1-18-2-5-20)17-10-13-7-14(11-17)9-15(8-13)12-17/h13-15,18H,1-12H2,(H,19,21). The summed E-state index contributed by atoms with van der Waals surface area (Å²) >= 11 is 0. The molecule has 0 spiro atoms. The quantitative estimate of drug-likeness (QED) is 0.819. The van der Waals surface area contributed by atoms with Crippen molar-refractivity contribution < 1.29 is 4.79 Å². The van der Waals surface area contributed by atoms with Crippen LogP contribution in [-0.2, 0) is 4.79 Å². The first-order valence-corrected chi connectivity index (χ1v) is 8.95. The van der Waals surface area contributed by atoms with Gasteiger partial charge in [0.05, 0.1) is 0 Å². The number of nitrogens with zero attached hydrogens (tertiary/aromatic N) is 1. The van der Waals surface area contributed by atoms with Crippen molar-refractivity contribution in [2.45, 2.75) is 38.5 Å². The molecule has 0 atom stereocenters. The fraction of sp³-hybridized carbons (Fsp3) is 0.941. The van der Waals surface area contributed by atoms with E-state index in [-0.39, 0.29) is 5.41 Å². The van der Waals surface area contributed by atoms with E-state index in [1.165, 1.54) is 38.5 Å². The first kappa shape index (κ1) is 14.0. The van der Waals surface area contributed by atoms with Gasteiger partial charge in [0, 0.05) is 44.7 Å². The molecule has 1 amide bonds. The molecule has 4 saturated carbocycles. The van der Waals surface area contributed by atoms with Crippen LogP contribution in [0.4, 0.5) is 0 Å². The van der Waals surface area contributed by atoms with Gasteiger partial charge in [0.15, 0.2) is 0 Å². The molecule has 1 aliphatic heterocycles. The van der Waals surface area contributed by atoms with Gasteiger partial charge >= 0.3 is 0 Å². The second-order valence-electron chi connectivity index (χ2n) is 8.05. The van der Waals surface area contributed by atoms with Crippen LogP contribution in [-0.4, -0.2) is 50.1 Å². The van der Waals surface area contributed by atoms with Crippen molar-refractivity contribution in [3.63, 3.8) is 0 Å². The first-order chi connectivity index (χ1) is 10.2. The lowest BCUT2D eigenvalue weighted by Gasteiger charge is -2.55. The predicted octanol–water partition coefficient (Wildman–Crippen LogP) is 1.22. The van der Waals surface area contributed by atoms with Crippen LogP contribution in [0, 0.1) is 23.2 Å². The van der Waals surface area contributed by atoms with Gasteiger partial charge in [-0.2, -0.15) is 0 Å².